The first-order valence-electron chi connectivity index (χ1n) is 5.90. The van der Waals surface area contributed by atoms with Crippen LogP contribution in [0.1, 0.15) is 31.1 Å². The molecule has 1 amide bonds. The van der Waals surface area contributed by atoms with E-state index in [1.165, 1.54) is 4.90 Å². The largest absolute Gasteiger partial charge is 0.396 e. The third-order valence-corrected chi connectivity index (χ3v) is 2.57. The molecule has 0 bridgehead atoms. The van der Waals surface area contributed by atoms with Crippen molar-refractivity contribution in [3.05, 3.63) is 29.3 Å². The molecule has 0 aliphatic carbocycles. The molecule has 3 nitrogen and oxygen atoms in total. The number of benzene rings is 1. The number of amides is 1. The van der Waals surface area contributed by atoms with Gasteiger partial charge in [0.2, 0.25) is 0 Å². The van der Waals surface area contributed by atoms with Crippen LogP contribution in [0.2, 0.25) is 0 Å². The predicted molar refractivity (Wildman–Crippen MR) is 67.2 cm³/mol. The number of nitrogens with zero attached hydrogens (tertiary/aromatic N) is 1. The Hall–Kier alpha value is -1.65. The van der Waals surface area contributed by atoms with Gasteiger partial charge in [-0.15, -0.1) is 0 Å². The van der Waals surface area contributed by atoms with E-state index in [-0.39, 0.29) is 17.2 Å². The first-order valence-corrected chi connectivity index (χ1v) is 5.90. The zero-order valence-corrected chi connectivity index (χ0v) is 10.8. The van der Waals surface area contributed by atoms with Gasteiger partial charge in [-0.1, -0.05) is 13.8 Å². The van der Waals surface area contributed by atoms with Crippen molar-refractivity contribution in [3.8, 4) is 0 Å². The second kappa shape index (κ2) is 5.80. The zero-order valence-electron chi connectivity index (χ0n) is 10.8. The highest BCUT2D eigenvalue weighted by Gasteiger charge is 2.20. The lowest BCUT2D eigenvalue weighted by atomic mass is 10.1. The molecule has 0 unspecified atom stereocenters. The van der Waals surface area contributed by atoms with Crippen molar-refractivity contribution in [1.29, 1.82) is 0 Å². The summed E-state index contributed by atoms with van der Waals surface area (Å²) in [5.74, 6) is -1.92. The minimum absolute atomic E-state index is 0.184. The molecule has 18 heavy (non-hydrogen) atoms. The summed E-state index contributed by atoms with van der Waals surface area (Å²) < 4.78 is 26.6. The van der Waals surface area contributed by atoms with Gasteiger partial charge in [-0.2, -0.15) is 0 Å². The summed E-state index contributed by atoms with van der Waals surface area (Å²) in [7, 11) is 0. The lowest BCUT2D eigenvalue weighted by Crippen LogP contribution is -2.34. The number of hydrogen-bond acceptors (Lipinski definition) is 2. The summed E-state index contributed by atoms with van der Waals surface area (Å²) in [4.78, 5) is 13.6. The van der Waals surface area contributed by atoms with E-state index in [1.54, 1.807) is 0 Å². The van der Waals surface area contributed by atoms with E-state index in [0.717, 1.165) is 6.07 Å². The summed E-state index contributed by atoms with van der Waals surface area (Å²) in [6.45, 7) is 6.72. The van der Waals surface area contributed by atoms with E-state index in [4.69, 9.17) is 5.73 Å². The molecule has 0 atom stereocenters. The van der Waals surface area contributed by atoms with Gasteiger partial charge >= 0.3 is 0 Å². The van der Waals surface area contributed by atoms with Gasteiger partial charge in [0.25, 0.3) is 5.91 Å². The maximum Gasteiger partial charge on any atom is 0.256 e. The lowest BCUT2D eigenvalue weighted by Gasteiger charge is -2.23. The monoisotopic (exact) mass is 256 g/mol. The standard InChI is InChI=1S/C13H18F2N2O/c1-4-17(7-8(2)3)13(18)9-5-12(16)11(15)6-10(9)14/h5-6,8H,4,7,16H2,1-3H3. The summed E-state index contributed by atoms with van der Waals surface area (Å²) in [6, 6.07) is 1.70. The van der Waals surface area contributed by atoms with Crippen LogP contribution in [-0.2, 0) is 0 Å². The SMILES string of the molecule is CCN(CC(C)C)C(=O)c1cc(N)c(F)cc1F. The molecule has 0 saturated carbocycles. The Morgan fingerprint density at radius 1 is 1.33 bits per heavy atom. The Bertz CT molecular complexity index is 447. The molecule has 0 aliphatic rings. The number of nitrogen functional groups attached to an aromatic ring is 1. The number of rotatable bonds is 4. The molecule has 0 saturated heterocycles. The Balaban J connectivity index is 3.05. The molecule has 1 aromatic rings. The number of anilines is 1. The van der Waals surface area contributed by atoms with E-state index < -0.39 is 17.5 Å². The third-order valence-electron chi connectivity index (χ3n) is 2.57. The van der Waals surface area contributed by atoms with Crippen molar-refractivity contribution in [3.63, 3.8) is 0 Å². The van der Waals surface area contributed by atoms with Crippen LogP contribution in [0.3, 0.4) is 0 Å². The van der Waals surface area contributed by atoms with Crippen LogP contribution in [-0.4, -0.2) is 23.9 Å². The van der Waals surface area contributed by atoms with Crippen molar-refractivity contribution in [2.24, 2.45) is 5.92 Å². The second-order valence-corrected chi connectivity index (χ2v) is 4.59. The highest BCUT2D eigenvalue weighted by molar-refractivity contribution is 5.95. The molecule has 0 fully saturated rings. The molecule has 2 N–H and O–H groups in total. The Labute approximate surface area is 106 Å². The number of nitrogens with two attached hydrogens (primary N) is 1. The number of carbonyl (C=O) groups is 1. The van der Waals surface area contributed by atoms with E-state index in [9.17, 15) is 13.6 Å². The van der Waals surface area contributed by atoms with E-state index in [0.29, 0.717) is 19.2 Å². The van der Waals surface area contributed by atoms with Gasteiger partial charge in [-0.05, 0) is 18.9 Å². The van der Waals surface area contributed by atoms with Crippen LogP contribution < -0.4 is 5.73 Å². The average Bonchev–Trinajstić information content (AvgIpc) is 2.29. The normalized spacial score (nSPS) is 10.8. The molecule has 0 aliphatic heterocycles. The summed E-state index contributed by atoms with van der Waals surface area (Å²) in [5, 5.41) is 0. The van der Waals surface area contributed by atoms with Gasteiger partial charge in [0.1, 0.15) is 11.6 Å². The second-order valence-electron chi connectivity index (χ2n) is 4.59. The fraction of sp³-hybridized carbons (Fsp3) is 0.462. The first-order chi connectivity index (χ1) is 8.36. The fourth-order valence-corrected chi connectivity index (χ4v) is 1.70. The van der Waals surface area contributed by atoms with Gasteiger partial charge in [-0.25, -0.2) is 8.78 Å². The smallest absolute Gasteiger partial charge is 0.256 e. The zero-order chi connectivity index (χ0) is 13.9. The maximum absolute atomic E-state index is 13.6. The molecule has 0 spiro atoms. The summed E-state index contributed by atoms with van der Waals surface area (Å²) in [5.41, 5.74) is 4.95. The molecule has 1 rings (SSSR count). The van der Waals surface area contributed by atoms with Gasteiger partial charge in [0, 0.05) is 19.2 Å². The highest BCUT2D eigenvalue weighted by atomic mass is 19.1. The maximum atomic E-state index is 13.6. The predicted octanol–water partition coefficient (Wildman–Crippen LogP) is 2.67. The van der Waals surface area contributed by atoms with Gasteiger partial charge in [0.15, 0.2) is 0 Å². The highest BCUT2D eigenvalue weighted by Crippen LogP contribution is 2.18. The van der Waals surface area contributed by atoms with E-state index >= 15 is 0 Å². The first kappa shape index (κ1) is 14.4. The van der Waals surface area contributed by atoms with Crippen LogP contribution in [0.25, 0.3) is 0 Å². The molecule has 0 aromatic heterocycles. The van der Waals surface area contributed by atoms with Crippen LogP contribution in [0, 0.1) is 17.6 Å². The minimum atomic E-state index is -0.881. The fourth-order valence-electron chi connectivity index (χ4n) is 1.70. The van der Waals surface area contributed by atoms with Crippen LogP contribution >= 0.6 is 0 Å². The molecule has 0 heterocycles. The molecular formula is C13H18F2N2O. The number of hydrogen-bond donors (Lipinski definition) is 1. The average molecular weight is 256 g/mol. The van der Waals surface area contributed by atoms with E-state index in [2.05, 4.69) is 0 Å². The van der Waals surface area contributed by atoms with Crippen molar-refractivity contribution in [1.82, 2.24) is 4.90 Å². The van der Waals surface area contributed by atoms with E-state index in [1.807, 2.05) is 20.8 Å². The Morgan fingerprint density at radius 2 is 1.94 bits per heavy atom. The van der Waals surface area contributed by atoms with Crippen LogP contribution in [0.4, 0.5) is 14.5 Å². The molecule has 5 heteroatoms. The summed E-state index contributed by atoms with van der Waals surface area (Å²) in [6.07, 6.45) is 0. The van der Waals surface area contributed by atoms with Crippen molar-refractivity contribution < 1.29 is 13.6 Å². The van der Waals surface area contributed by atoms with Gasteiger partial charge in [-0.3, -0.25) is 4.79 Å². The minimum Gasteiger partial charge on any atom is -0.396 e. The van der Waals surface area contributed by atoms with Crippen LogP contribution in [0.5, 0.6) is 0 Å². The number of halogens is 2. The van der Waals surface area contributed by atoms with Crippen molar-refractivity contribution >= 4 is 11.6 Å². The van der Waals surface area contributed by atoms with Crippen molar-refractivity contribution in [2.75, 3.05) is 18.8 Å². The molecule has 0 radical (unpaired) electrons. The van der Waals surface area contributed by atoms with Gasteiger partial charge in [0.05, 0.1) is 11.3 Å². The number of carbonyl (C=O) groups excluding carboxylic acids is 1. The van der Waals surface area contributed by atoms with Crippen LogP contribution in [0.15, 0.2) is 12.1 Å². The quantitative estimate of drug-likeness (QED) is 0.842. The lowest BCUT2D eigenvalue weighted by molar-refractivity contribution is 0.0741. The Kier molecular flexibility index (Phi) is 4.64. The summed E-state index contributed by atoms with van der Waals surface area (Å²) >= 11 is 0. The Morgan fingerprint density at radius 3 is 2.44 bits per heavy atom. The molecule has 1 aromatic carbocycles. The third kappa shape index (κ3) is 3.18. The topological polar surface area (TPSA) is 46.3 Å². The molecular weight excluding hydrogens is 238 g/mol. The van der Waals surface area contributed by atoms with Crippen molar-refractivity contribution in [2.45, 2.75) is 20.8 Å². The van der Waals surface area contributed by atoms with Gasteiger partial charge < -0.3 is 10.6 Å². The molecule has 100 valence electrons.